The number of rotatable bonds is 4. The highest BCUT2D eigenvalue weighted by molar-refractivity contribution is 7.08. The van der Waals surface area contributed by atoms with Gasteiger partial charge >= 0.3 is 5.97 Å². The fourth-order valence-corrected chi connectivity index (χ4v) is 1.73. The molecule has 16 heavy (non-hydrogen) atoms. The van der Waals surface area contributed by atoms with Gasteiger partial charge in [-0.05, 0) is 23.7 Å². The number of aromatic nitrogens is 2. The van der Waals surface area contributed by atoms with Gasteiger partial charge in [0.1, 0.15) is 17.2 Å². The molecule has 2 heterocycles. The summed E-state index contributed by atoms with van der Waals surface area (Å²) in [6.45, 7) is 0.184. The molecule has 2 rings (SSSR count). The van der Waals surface area contributed by atoms with Gasteiger partial charge < -0.3 is 9.84 Å². The first-order valence-corrected chi connectivity index (χ1v) is 5.24. The van der Waals surface area contributed by atoms with E-state index < -0.39 is 5.97 Å². The van der Waals surface area contributed by atoms with Gasteiger partial charge in [-0.15, -0.1) is 0 Å². The molecule has 0 amide bonds. The van der Waals surface area contributed by atoms with E-state index in [2.05, 4.69) is 9.36 Å². The molecule has 1 N–H and O–H groups in total. The number of pyridine rings is 1. The molecule has 0 saturated heterocycles. The van der Waals surface area contributed by atoms with Crippen molar-refractivity contribution in [1.29, 1.82) is 0 Å². The van der Waals surface area contributed by atoms with E-state index in [-0.39, 0.29) is 11.5 Å². The average Bonchev–Trinajstić information content (AvgIpc) is 2.76. The maximum absolute atomic E-state index is 10.8. The van der Waals surface area contributed by atoms with Crippen molar-refractivity contribution >= 4 is 17.5 Å². The highest BCUT2D eigenvalue weighted by Crippen LogP contribution is 2.16. The number of carboxylic acids is 1. The molecule has 0 unspecified atom stereocenters. The molecule has 0 spiro atoms. The Labute approximate surface area is 95.5 Å². The molecule has 0 fully saturated rings. The van der Waals surface area contributed by atoms with Gasteiger partial charge in [-0.25, -0.2) is 4.79 Å². The summed E-state index contributed by atoms with van der Waals surface area (Å²) < 4.78 is 9.20. The number of ether oxygens (including phenoxy) is 1. The van der Waals surface area contributed by atoms with Crippen LogP contribution >= 0.6 is 11.5 Å². The topological polar surface area (TPSA) is 72.3 Å². The molecule has 82 valence electrons. The van der Waals surface area contributed by atoms with Crippen LogP contribution in [0.25, 0.3) is 0 Å². The Bertz CT molecular complexity index is 484. The lowest BCUT2D eigenvalue weighted by atomic mass is 10.3. The standard InChI is InChI=1S/C10H8N2O3S/c13-10(14)9-7(4-12-16-9)6-15-8-2-1-3-11-5-8/h1-5H,6H2,(H,13,14). The summed E-state index contributed by atoms with van der Waals surface area (Å²) in [5, 5.41) is 8.85. The van der Waals surface area contributed by atoms with Gasteiger partial charge in [0.25, 0.3) is 0 Å². The van der Waals surface area contributed by atoms with Gasteiger partial charge in [0.05, 0.1) is 6.20 Å². The van der Waals surface area contributed by atoms with Gasteiger partial charge in [0.15, 0.2) is 0 Å². The van der Waals surface area contributed by atoms with Crippen LogP contribution in [0, 0.1) is 0 Å². The molecular formula is C10H8N2O3S. The van der Waals surface area contributed by atoms with E-state index in [0.29, 0.717) is 11.3 Å². The Balaban J connectivity index is 2.05. The van der Waals surface area contributed by atoms with E-state index >= 15 is 0 Å². The van der Waals surface area contributed by atoms with Crippen molar-refractivity contribution in [3.63, 3.8) is 0 Å². The first kappa shape index (κ1) is 10.6. The van der Waals surface area contributed by atoms with Crippen LogP contribution in [0.3, 0.4) is 0 Å². The second-order valence-electron chi connectivity index (χ2n) is 2.96. The van der Waals surface area contributed by atoms with Crippen LogP contribution in [0.2, 0.25) is 0 Å². The quantitative estimate of drug-likeness (QED) is 0.876. The molecule has 6 heteroatoms. The lowest BCUT2D eigenvalue weighted by molar-refractivity contribution is 0.0699. The van der Waals surface area contributed by atoms with E-state index in [1.54, 1.807) is 24.5 Å². The predicted molar refractivity (Wildman–Crippen MR) is 57.6 cm³/mol. The largest absolute Gasteiger partial charge is 0.487 e. The molecule has 5 nitrogen and oxygen atoms in total. The molecule has 0 aliphatic heterocycles. The predicted octanol–water partition coefficient (Wildman–Crippen LogP) is 1.82. The van der Waals surface area contributed by atoms with Crippen molar-refractivity contribution in [3.8, 4) is 5.75 Å². The molecule has 0 aliphatic rings. The van der Waals surface area contributed by atoms with E-state index in [9.17, 15) is 4.79 Å². The van der Waals surface area contributed by atoms with Crippen molar-refractivity contribution in [1.82, 2.24) is 9.36 Å². The third-order valence-electron chi connectivity index (χ3n) is 1.87. The van der Waals surface area contributed by atoms with Crippen molar-refractivity contribution in [2.45, 2.75) is 6.61 Å². The summed E-state index contributed by atoms with van der Waals surface area (Å²) in [5.41, 5.74) is 0.571. The van der Waals surface area contributed by atoms with Gasteiger partial charge in [-0.2, -0.15) is 4.37 Å². The SMILES string of the molecule is O=C(O)c1sncc1COc1cccnc1. The second kappa shape index (κ2) is 4.71. The summed E-state index contributed by atoms with van der Waals surface area (Å²) in [4.78, 5) is 14.9. The highest BCUT2D eigenvalue weighted by atomic mass is 32.1. The Kier molecular flexibility index (Phi) is 3.11. The van der Waals surface area contributed by atoms with Crippen molar-refractivity contribution in [2.75, 3.05) is 0 Å². The zero-order chi connectivity index (χ0) is 11.4. The molecule has 0 atom stereocenters. The van der Waals surface area contributed by atoms with Gasteiger partial charge in [-0.1, -0.05) is 0 Å². The van der Waals surface area contributed by atoms with Crippen LogP contribution in [0.1, 0.15) is 15.2 Å². The third kappa shape index (κ3) is 2.34. The number of carbonyl (C=O) groups is 1. The maximum Gasteiger partial charge on any atom is 0.347 e. The molecule has 0 saturated carbocycles. The summed E-state index contributed by atoms with van der Waals surface area (Å²) in [5.74, 6) is -0.377. The van der Waals surface area contributed by atoms with E-state index in [4.69, 9.17) is 9.84 Å². The highest BCUT2D eigenvalue weighted by Gasteiger charge is 2.13. The van der Waals surface area contributed by atoms with Crippen LogP contribution in [-0.4, -0.2) is 20.4 Å². The molecule has 0 bridgehead atoms. The summed E-state index contributed by atoms with van der Waals surface area (Å²) >= 11 is 0.948. The fraction of sp³-hybridized carbons (Fsp3) is 0.100. The minimum Gasteiger partial charge on any atom is -0.487 e. The minimum atomic E-state index is -0.979. The van der Waals surface area contributed by atoms with Gasteiger partial charge in [-0.3, -0.25) is 4.98 Å². The zero-order valence-electron chi connectivity index (χ0n) is 8.16. The smallest absolute Gasteiger partial charge is 0.347 e. The van der Waals surface area contributed by atoms with Crippen molar-refractivity contribution in [3.05, 3.63) is 41.2 Å². The van der Waals surface area contributed by atoms with Crippen LogP contribution in [0.5, 0.6) is 5.75 Å². The minimum absolute atomic E-state index is 0.184. The molecule has 0 radical (unpaired) electrons. The molecule has 2 aromatic rings. The first-order valence-electron chi connectivity index (χ1n) is 4.47. The zero-order valence-corrected chi connectivity index (χ0v) is 8.98. The third-order valence-corrected chi connectivity index (χ3v) is 2.70. The van der Waals surface area contributed by atoms with Gasteiger partial charge in [0, 0.05) is 18.0 Å². The molecular weight excluding hydrogens is 228 g/mol. The van der Waals surface area contributed by atoms with E-state index in [1.165, 1.54) is 6.20 Å². The van der Waals surface area contributed by atoms with Gasteiger partial charge in [0.2, 0.25) is 0 Å². The van der Waals surface area contributed by atoms with E-state index in [0.717, 1.165) is 11.5 Å². The lowest BCUT2D eigenvalue weighted by Crippen LogP contribution is -2.01. The average molecular weight is 236 g/mol. The number of nitrogens with zero attached hydrogens (tertiary/aromatic N) is 2. The number of hydrogen-bond donors (Lipinski definition) is 1. The second-order valence-corrected chi connectivity index (χ2v) is 3.76. The van der Waals surface area contributed by atoms with Crippen LogP contribution in [-0.2, 0) is 6.61 Å². The van der Waals surface area contributed by atoms with Crippen LogP contribution < -0.4 is 4.74 Å². The van der Waals surface area contributed by atoms with Crippen molar-refractivity contribution in [2.24, 2.45) is 0 Å². The Hall–Kier alpha value is -1.95. The van der Waals surface area contributed by atoms with Crippen LogP contribution in [0.4, 0.5) is 0 Å². The Morgan fingerprint density at radius 2 is 2.38 bits per heavy atom. The summed E-state index contributed by atoms with van der Waals surface area (Å²) in [6, 6.07) is 3.51. The number of aromatic carboxylic acids is 1. The fourth-order valence-electron chi connectivity index (χ4n) is 1.13. The normalized spacial score (nSPS) is 10.0. The monoisotopic (exact) mass is 236 g/mol. The first-order chi connectivity index (χ1) is 7.77. The molecule has 0 aliphatic carbocycles. The lowest BCUT2D eigenvalue weighted by Gasteiger charge is -2.03. The maximum atomic E-state index is 10.8. The number of carboxylic acid groups (broad SMARTS) is 1. The summed E-state index contributed by atoms with van der Waals surface area (Å²) in [6.07, 6.45) is 4.71. The summed E-state index contributed by atoms with van der Waals surface area (Å²) in [7, 11) is 0. The van der Waals surface area contributed by atoms with Crippen molar-refractivity contribution < 1.29 is 14.6 Å². The molecule has 0 aromatic carbocycles. The Morgan fingerprint density at radius 1 is 1.50 bits per heavy atom. The van der Waals surface area contributed by atoms with E-state index in [1.807, 2.05) is 0 Å². The Morgan fingerprint density at radius 3 is 3.06 bits per heavy atom. The van der Waals surface area contributed by atoms with Crippen LogP contribution in [0.15, 0.2) is 30.7 Å². The molecule has 2 aromatic heterocycles. The number of hydrogen-bond acceptors (Lipinski definition) is 5.